The van der Waals surface area contributed by atoms with Crippen molar-refractivity contribution in [1.82, 2.24) is 5.32 Å². The maximum atomic E-state index is 12.6. The number of para-hydroxylation sites is 2. The summed E-state index contributed by atoms with van der Waals surface area (Å²) in [6.07, 6.45) is 0.130. The number of likely N-dealkylation sites (N-methyl/N-ethyl adjacent to an activating group) is 2. The van der Waals surface area contributed by atoms with E-state index in [4.69, 9.17) is 4.74 Å². The highest BCUT2D eigenvalue weighted by Gasteiger charge is 2.28. The Hall–Kier alpha value is -5.47. The Balaban J connectivity index is 1.24. The number of hydrogen-bond donors (Lipinski definition) is 4. The van der Waals surface area contributed by atoms with E-state index in [0.29, 0.717) is 13.1 Å². The Morgan fingerprint density at radius 2 is 1.06 bits per heavy atom. The summed E-state index contributed by atoms with van der Waals surface area (Å²) < 4.78 is 5.62. The van der Waals surface area contributed by atoms with E-state index >= 15 is 0 Å². The molecule has 0 bridgehead atoms. The molecule has 0 fully saturated rings. The minimum atomic E-state index is -0.468. The summed E-state index contributed by atoms with van der Waals surface area (Å²) in [5.74, 6) is -0.174. The van der Waals surface area contributed by atoms with Gasteiger partial charge in [0.2, 0.25) is 0 Å². The maximum absolute atomic E-state index is 12.6. The molecule has 0 amide bonds. The largest absolute Gasteiger partial charge is 0.508 e. The average molecular weight is 630 g/mol. The lowest BCUT2D eigenvalue weighted by Crippen LogP contribution is -2.57. The Morgan fingerprint density at radius 3 is 1.51 bits per heavy atom. The summed E-state index contributed by atoms with van der Waals surface area (Å²) in [6, 6.07) is 43.5. The number of esters is 1. The number of nitrogens with one attached hydrogen (secondary N) is 3. The summed E-state index contributed by atoms with van der Waals surface area (Å²) in [4.78, 5) is 17.1. The minimum absolute atomic E-state index is 0.0644. The standard InChI is InChI=1S/C39H43N5O3/c1-39(40-29-47-38(46)26-30-14-24-37(45)25-15-30,27-43(2)35-20-16-33(17-21-35)41-31-10-6-4-7-11-31)28-44(3)36-22-18-34(19-23-36)42-32-12-8-5-9-13-32/h4-25,40-42,45H,26-29H2,1-3H3. The van der Waals surface area contributed by atoms with E-state index in [2.05, 4.69) is 95.3 Å². The average Bonchev–Trinajstić information content (AvgIpc) is 3.07. The van der Waals surface area contributed by atoms with Gasteiger partial charge in [0.05, 0.1) is 12.0 Å². The van der Waals surface area contributed by atoms with Crippen LogP contribution in [0, 0.1) is 0 Å². The van der Waals surface area contributed by atoms with Crippen LogP contribution in [-0.4, -0.2) is 50.5 Å². The topological polar surface area (TPSA) is 89.1 Å². The molecule has 5 aromatic rings. The number of rotatable bonds is 15. The van der Waals surface area contributed by atoms with Gasteiger partial charge in [-0.3, -0.25) is 10.1 Å². The van der Waals surface area contributed by atoms with Crippen molar-refractivity contribution in [3.8, 4) is 5.75 Å². The first-order valence-corrected chi connectivity index (χ1v) is 15.7. The third kappa shape index (κ3) is 10.0. The van der Waals surface area contributed by atoms with Gasteiger partial charge >= 0.3 is 5.97 Å². The molecule has 0 atom stereocenters. The van der Waals surface area contributed by atoms with Crippen molar-refractivity contribution in [3.63, 3.8) is 0 Å². The molecular weight excluding hydrogens is 586 g/mol. The monoisotopic (exact) mass is 629 g/mol. The highest BCUT2D eigenvalue weighted by Crippen LogP contribution is 2.25. The van der Waals surface area contributed by atoms with Crippen LogP contribution in [0.1, 0.15) is 12.5 Å². The highest BCUT2D eigenvalue weighted by molar-refractivity contribution is 5.72. The van der Waals surface area contributed by atoms with Gasteiger partial charge in [-0.25, -0.2) is 0 Å². The van der Waals surface area contributed by atoms with Gasteiger partial charge in [0.25, 0.3) is 0 Å². The predicted molar refractivity (Wildman–Crippen MR) is 193 cm³/mol. The molecule has 8 nitrogen and oxygen atoms in total. The Labute approximate surface area is 277 Å². The SMILES string of the molecule is CN(CC(C)(CN(C)c1ccc(Nc2ccccc2)cc1)NCOC(=O)Cc1ccc(O)cc1)c1ccc(Nc2ccccc2)cc1. The normalized spacial score (nSPS) is 11.0. The van der Waals surface area contributed by atoms with E-state index in [1.807, 2.05) is 60.7 Å². The lowest BCUT2D eigenvalue weighted by atomic mass is 10.00. The Bertz CT molecular complexity index is 1590. The number of hydrogen-bond acceptors (Lipinski definition) is 8. The van der Waals surface area contributed by atoms with Gasteiger partial charge in [-0.05, 0) is 97.4 Å². The van der Waals surface area contributed by atoms with Crippen molar-refractivity contribution < 1.29 is 14.6 Å². The molecule has 5 rings (SSSR count). The summed E-state index contributed by atoms with van der Waals surface area (Å²) in [5, 5.41) is 19.9. The van der Waals surface area contributed by atoms with Crippen LogP contribution >= 0.6 is 0 Å². The third-order valence-corrected chi connectivity index (χ3v) is 7.93. The number of ether oxygens (including phenoxy) is 1. The van der Waals surface area contributed by atoms with Crippen molar-refractivity contribution >= 4 is 40.1 Å². The number of phenols is 1. The first kappa shape index (κ1) is 32.9. The van der Waals surface area contributed by atoms with Gasteiger partial charge in [-0.1, -0.05) is 48.5 Å². The second-order valence-corrected chi connectivity index (χ2v) is 12.0. The Morgan fingerprint density at radius 1 is 0.638 bits per heavy atom. The second-order valence-electron chi connectivity index (χ2n) is 12.0. The lowest BCUT2D eigenvalue weighted by molar-refractivity contribution is -0.144. The van der Waals surface area contributed by atoms with E-state index in [-0.39, 0.29) is 24.9 Å². The van der Waals surface area contributed by atoms with Gasteiger partial charge in [0.15, 0.2) is 0 Å². The Kier molecular flexibility index (Phi) is 11.0. The van der Waals surface area contributed by atoms with Crippen LogP contribution in [0.3, 0.4) is 0 Å². The first-order valence-electron chi connectivity index (χ1n) is 15.7. The minimum Gasteiger partial charge on any atom is -0.508 e. The molecule has 8 heteroatoms. The molecule has 47 heavy (non-hydrogen) atoms. The van der Waals surface area contributed by atoms with Crippen molar-refractivity contribution in [2.45, 2.75) is 18.9 Å². The molecule has 5 aromatic carbocycles. The maximum Gasteiger partial charge on any atom is 0.311 e. The summed E-state index contributed by atoms with van der Waals surface area (Å²) >= 11 is 0. The number of anilines is 6. The molecule has 0 spiro atoms. The smallest absolute Gasteiger partial charge is 0.311 e. The number of carbonyl (C=O) groups excluding carboxylic acids is 1. The fourth-order valence-corrected chi connectivity index (χ4v) is 5.49. The number of carbonyl (C=O) groups is 1. The second kappa shape index (κ2) is 15.7. The molecule has 0 aliphatic heterocycles. The molecule has 0 aliphatic carbocycles. The van der Waals surface area contributed by atoms with Crippen molar-refractivity contribution in [3.05, 3.63) is 139 Å². The zero-order valence-electron chi connectivity index (χ0n) is 27.2. The van der Waals surface area contributed by atoms with Crippen molar-refractivity contribution in [2.24, 2.45) is 0 Å². The number of phenolic OH excluding ortho intramolecular Hbond substituents is 1. The molecule has 0 saturated carbocycles. The molecular formula is C39H43N5O3. The highest BCUT2D eigenvalue weighted by atomic mass is 16.5. The zero-order chi connectivity index (χ0) is 33.1. The predicted octanol–water partition coefficient (Wildman–Crippen LogP) is 7.54. The third-order valence-electron chi connectivity index (χ3n) is 7.93. The van der Waals surface area contributed by atoms with E-state index in [0.717, 1.165) is 39.7 Å². The lowest BCUT2D eigenvalue weighted by Gasteiger charge is -2.39. The number of nitrogens with zero attached hydrogens (tertiary/aromatic N) is 2. The fraction of sp³-hybridized carbons (Fsp3) is 0.205. The van der Waals surface area contributed by atoms with Gasteiger partial charge in [0.1, 0.15) is 12.5 Å². The molecule has 0 saturated heterocycles. The van der Waals surface area contributed by atoms with Crippen LogP contribution in [-0.2, 0) is 16.0 Å². The summed E-state index contributed by atoms with van der Waals surface area (Å²) in [6.45, 7) is 3.50. The van der Waals surface area contributed by atoms with Crippen LogP contribution in [0.4, 0.5) is 34.1 Å². The van der Waals surface area contributed by atoms with Crippen LogP contribution in [0.25, 0.3) is 0 Å². The van der Waals surface area contributed by atoms with Crippen molar-refractivity contribution in [1.29, 1.82) is 0 Å². The van der Waals surface area contributed by atoms with E-state index in [1.165, 1.54) is 0 Å². The van der Waals surface area contributed by atoms with Gasteiger partial charge in [-0.2, -0.15) is 0 Å². The number of benzene rings is 5. The fourth-order valence-electron chi connectivity index (χ4n) is 5.49. The van der Waals surface area contributed by atoms with Gasteiger partial charge < -0.3 is 30.3 Å². The first-order chi connectivity index (χ1) is 22.7. The van der Waals surface area contributed by atoms with E-state index in [9.17, 15) is 9.90 Å². The van der Waals surface area contributed by atoms with Gasteiger partial charge in [0, 0.05) is 61.3 Å². The van der Waals surface area contributed by atoms with Crippen LogP contribution in [0.2, 0.25) is 0 Å². The molecule has 0 radical (unpaired) electrons. The summed E-state index contributed by atoms with van der Waals surface area (Å²) in [7, 11) is 4.14. The van der Waals surface area contributed by atoms with Crippen LogP contribution in [0.15, 0.2) is 133 Å². The van der Waals surface area contributed by atoms with Crippen LogP contribution < -0.4 is 25.8 Å². The zero-order valence-corrected chi connectivity index (χ0v) is 27.2. The van der Waals surface area contributed by atoms with Gasteiger partial charge in [-0.15, -0.1) is 0 Å². The number of aromatic hydroxyl groups is 1. The summed E-state index contributed by atoms with van der Waals surface area (Å²) in [5.41, 5.74) is 6.56. The van der Waals surface area contributed by atoms with Crippen LogP contribution in [0.5, 0.6) is 5.75 Å². The van der Waals surface area contributed by atoms with E-state index in [1.54, 1.807) is 24.3 Å². The molecule has 0 heterocycles. The molecule has 0 aromatic heterocycles. The molecule has 0 aliphatic rings. The molecule has 4 N–H and O–H groups in total. The molecule has 242 valence electrons. The van der Waals surface area contributed by atoms with Crippen molar-refractivity contribution in [2.75, 3.05) is 54.3 Å². The van der Waals surface area contributed by atoms with E-state index < -0.39 is 5.54 Å². The quantitative estimate of drug-likeness (QED) is 0.0698. The molecule has 0 unspecified atom stereocenters.